The van der Waals surface area contributed by atoms with Gasteiger partial charge in [-0.2, -0.15) is 0 Å². The third-order valence-corrected chi connectivity index (χ3v) is 7.23. The van der Waals surface area contributed by atoms with E-state index in [0.29, 0.717) is 17.0 Å². The van der Waals surface area contributed by atoms with Crippen LogP contribution in [0.4, 0.5) is 10.1 Å². The van der Waals surface area contributed by atoms with Gasteiger partial charge in [0, 0.05) is 11.3 Å². The first-order valence-electron chi connectivity index (χ1n) is 12.4. The fraction of sp³-hybridized carbons (Fsp3) is 0.241. The summed E-state index contributed by atoms with van der Waals surface area (Å²) in [6, 6.07) is 16.4. The predicted molar refractivity (Wildman–Crippen MR) is 152 cm³/mol. The molecular formula is C29H27Cl2FN4O4. The Bertz CT molecular complexity index is 1480. The normalized spacial score (nSPS) is 16.6. The molecule has 0 radical (unpaired) electrons. The predicted octanol–water partition coefficient (Wildman–Crippen LogP) is 4.37. The number of benzodiazepines with no additional fused rings is 1. The van der Waals surface area contributed by atoms with Gasteiger partial charge < -0.3 is 16.2 Å². The smallest absolute Gasteiger partial charge is 0.272 e. The van der Waals surface area contributed by atoms with Gasteiger partial charge in [-0.25, -0.2) is 4.39 Å². The van der Waals surface area contributed by atoms with Gasteiger partial charge in [0.15, 0.2) is 0 Å². The number of aliphatic hydroxyl groups excluding tert-OH is 1. The lowest BCUT2D eigenvalue weighted by Crippen LogP contribution is -2.51. The highest BCUT2D eigenvalue weighted by Crippen LogP contribution is 2.35. The van der Waals surface area contributed by atoms with Crippen molar-refractivity contribution in [1.29, 1.82) is 0 Å². The zero-order chi connectivity index (χ0) is 29.1. The second kappa shape index (κ2) is 12.2. The van der Waals surface area contributed by atoms with Crippen molar-refractivity contribution in [2.24, 2.45) is 16.6 Å². The van der Waals surface area contributed by atoms with E-state index in [1.165, 1.54) is 35.2 Å². The van der Waals surface area contributed by atoms with Crippen LogP contribution in [-0.4, -0.2) is 41.3 Å². The van der Waals surface area contributed by atoms with E-state index in [1.807, 2.05) is 13.8 Å². The number of aliphatic imine (C=N–C) groups is 1. The summed E-state index contributed by atoms with van der Waals surface area (Å²) in [5.74, 6) is -4.18. The summed E-state index contributed by atoms with van der Waals surface area (Å²) in [5, 5.41) is 14.4. The summed E-state index contributed by atoms with van der Waals surface area (Å²) >= 11 is 12.2. The molecule has 1 heterocycles. The van der Waals surface area contributed by atoms with Crippen LogP contribution in [-0.2, 0) is 14.4 Å². The molecule has 0 saturated heterocycles. The molecule has 8 nitrogen and oxygen atoms in total. The first-order valence-corrected chi connectivity index (χ1v) is 13.2. The topological polar surface area (TPSA) is 125 Å². The molecule has 4 N–H and O–H groups in total. The lowest BCUT2D eigenvalue weighted by Gasteiger charge is -2.27. The van der Waals surface area contributed by atoms with Crippen LogP contribution in [0.3, 0.4) is 0 Å². The number of hydrogen-bond acceptors (Lipinski definition) is 5. The monoisotopic (exact) mass is 584 g/mol. The number of anilines is 1. The summed E-state index contributed by atoms with van der Waals surface area (Å²) in [6.07, 6.45) is -2.89. The van der Waals surface area contributed by atoms with Crippen LogP contribution in [0, 0.1) is 11.7 Å². The largest absolute Gasteiger partial charge is 0.387 e. The minimum atomic E-state index is -1.45. The summed E-state index contributed by atoms with van der Waals surface area (Å²) in [7, 11) is 0. The molecule has 3 amide bonds. The third kappa shape index (κ3) is 6.17. The van der Waals surface area contributed by atoms with Crippen molar-refractivity contribution in [3.63, 3.8) is 0 Å². The average Bonchev–Trinajstić information content (AvgIpc) is 3.02. The van der Waals surface area contributed by atoms with Crippen molar-refractivity contribution in [3.8, 4) is 0 Å². The molecule has 0 bridgehead atoms. The molecule has 208 valence electrons. The Labute approximate surface area is 240 Å². The number of aliphatic hydroxyl groups is 1. The number of nitrogens with one attached hydrogen (secondary N) is 1. The van der Waals surface area contributed by atoms with E-state index in [4.69, 9.17) is 28.9 Å². The van der Waals surface area contributed by atoms with Crippen molar-refractivity contribution < 1.29 is 23.9 Å². The Hall–Kier alpha value is -3.79. The Morgan fingerprint density at radius 2 is 1.70 bits per heavy atom. The fourth-order valence-electron chi connectivity index (χ4n) is 4.59. The number of nitrogens with two attached hydrogens (primary N) is 1. The van der Waals surface area contributed by atoms with Crippen molar-refractivity contribution >= 4 is 52.3 Å². The number of halogens is 3. The number of carbonyl (C=O) groups is 3. The van der Waals surface area contributed by atoms with Gasteiger partial charge in [-0.1, -0.05) is 73.4 Å². The minimum absolute atomic E-state index is 0.156. The molecule has 0 fully saturated rings. The zero-order valence-corrected chi connectivity index (χ0v) is 23.2. The number of hydrogen-bond donors (Lipinski definition) is 3. The van der Waals surface area contributed by atoms with E-state index in [-0.39, 0.29) is 27.1 Å². The zero-order valence-electron chi connectivity index (χ0n) is 21.6. The van der Waals surface area contributed by atoms with E-state index < -0.39 is 48.3 Å². The highest BCUT2D eigenvalue weighted by Gasteiger charge is 2.37. The molecule has 3 atom stereocenters. The molecule has 0 saturated carbocycles. The number of fused-ring (bicyclic) bond motifs is 1. The van der Waals surface area contributed by atoms with E-state index >= 15 is 0 Å². The van der Waals surface area contributed by atoms with Gasteiger partial charge in [-0.05, 0) is 47.4 Å². The SMILES string of the molecule is CC(C)C1=NC(NC(=O)[C@H](c2ccc(F)cc2)[C@@H](O)c2ccc(Cl)c(Cl)c2)C(=O)N(CC(N)=O)c2ccccc21. The van der Waals surface area contributed by atoms with Gasteiger partial charge in [-0.3, -0.25) is 24.3 Å². The highest BCUT2D eigenvalue weighted by molar-refractivity contribution is 6.42. The average molecular weight is 585 g/mol. The van der Waals surface area contributed by atoms with Gasteiger partial charge >= 0.3 is 0 Å². The number of nitrogens with zero attached hydrogens (tertiary/aromatic N) is 2. The lowest BCUT2D eigenvalue weighted by molar-refractivity contribution is -0.130. The minimum Gasteiger partial charge on any atom is -0.387 e. The fourth-order valence-corrected chi connectivity index (χ4v) is 4.90. The van der Waals surface area contributed by atoms with Gasteiger partial charge in [0.05, 0.1) is 27.8 Å². The molecule has 1 aliphatic heterocycles. The third-order valence-electron chi connectivity index (χ3n) is 6.49. The van der Waals surface area contributed by atoms with Gasteiger partial charge in [0.2, 0.25) is 18.0 Å². The van der Waals surface area contributed by atoms with E-state index in [0.717, 1.165) is 12.1 Å². The summed E-state index contributed by atoms with van der Waals surface area (Å²) in [6.45, 7) is 3.34. The van der Waals surface area contributed by atoms with E-state index in [1.54, 1.807) is 24.3 Å². The maximum atomic E-state index is 13.8. The number of primary amides is 1. The molecule has 0 aliphatic carbocycles. The van der Waals surface area contributed by atoms with E-state index in [2.05, 4.69) is 10.3 Å². The van der Waals surface area contributed by atoms with Crippen LogP contribution < -0.4 is 16.0 Å². The van der Waals surface area contributed by atoms with Gasteiger partial charge in [0.25, 0.3) is 5.91 Å². The van der Waals surface area contributed by atoms with Crippen molar-refractivity contribution in [1.82, 2.24) is 5.32 Å². The number of benzene rings is 3. The van der Waals surface area contributed by atoms with E-state index in [9.17, 15) is 23.9 Å². The lowest BCUT2D eigenvalue weighted by atomic mass is 9.88. The Morgan fingerprint density at radius 1 is 1.05 bits per heavy atom. The molecule has 11 heteroatoms. The molecule has 4 rings (SSSR count). The molecule has 40 heavy (non-hydrogen) atoms. The Morgan fingerprint density at radius 3 is 2.33 bits per heavy atom. The summed E-state index contributed by atoms with van der Waals surface area (Å²) in [5.41, 5.74) is 7.60. The molecule has 0 aromatic heterocycles. The van der Waals surface area contributed by atoms with Crippen LogP contribution in [0.1, 0.15) is 42.6 Å². The van der Waals surface area contributed by atoms with Crippen molar-refractivity contribution in [3.05, 3.63) is 99.3 Å². The Balaban J connectivity index is 1.77. The maximum Gasteiger partial charge on any atom is 0.272 e. The van der Waals surface area contributed by atoms with Crippen LogP contribution in [0.5, 0.6) is 0 Å². The maximum absolute atomic E-state index is 13.8. The number of carbonyl (C=O) groups excluding carboxylic acids is 3. The molecule has 1 unspecified atom stereocenters. The van der Waals surface area contributed by atoms with Crippen molar-refractivity contribution in [2.45, 2.75) is 32.0 Å². The van der Waals surface area contributed by atoms with Gasteiger partial charge in [0.1, 0.15) is 12.4 Å². The first-order chi connectivity index (χ1) is 19.0. The first kappa shape index (κ1) is 29.2. The highest BCUT2D eigenvalue weighted by atomic mass is 35.5. The molecule has 3 aromatic carbocycles. The number of rotatable bonds is 8. The number of para-hydroxylation sites is 1. The van der Waals surface area contributed by atoms with Crippen LogP contribution in [0.25, 0.3) is 0 Å². The standard InChI is InChI=1S/C29H27Cl2FN4O4/c1-15(2)25-19-5-3-4-6-22(19)36(14-23(33)37)29(40)27(34-25)35-28(39)24(16-7-10-18(32)11-8-16)26(38)17-9-12-20(30)21(31)13-17/h3-13,15,24,26-27,38H,14H2,1-2H3,(H2,33,37)(H,35,39)/t24-,26+,27?/m1/s1. The molecule has 1 aliphatic rings. The molecular weight excluding hydrogens is 558 g/mol. The summed E-state index contributed by atoms with van der Waals surface area (Å²) < 4.78 is 13.7. The van der Waals surface area contributed by atoms with Gasteiger partial charge in [-0.15, -0.1) is 0 Å². The number of amides is 3. The Kier molecular flexibility index (Phi) is 8.88. The quantitative estimate of drug-likeness (QED) is 0.363. The van der Waals surface area contributed by atoms with Crippen molar-refractivity contribution in [2.75, 3.05) is 11.4 Å². The molecule has 3 aromatic rings. The second-order valence-electron chi connectivity index (χ2n) is 9.64. The molecule has 0 spiro atoms. The van der Waals surface area contributed by atoms with Crippen LogP contribution in [0.2, 0.25) is 10.0 Å². The summed E-state index contributed by atoms with van der Waals surface area (Å²) in [4.78, 5) is 45.3. The van der Waals surface area contributed by atoms with Crippen LogP contribution in [0.15, 0.2) is 71.7 Å². The second-order valence-corrected chi connectivity index (χ2v) is 10.5. The van der Waals surface area contributed by atoms with Crippen LogP contribution >= 0.6 is 23.2 Å².